The topological polar surface area (TPSA) is 87.3 Å². The van der Waals surface area contributed by atoms with Gasteiger partial charge < -0.3 is 16.0 Å². The lowest BCUT2D eigenvalue weighted by Gasteiger charge is -2.36. The molecule has 1 heterocycles. The van der Waals surface area contributed by atoms with Gasteiger partial charge in [0.05, 0.1) is 20.5 Å². The Balaban J connectivity index is 1.77. The van der Waals surface area contributed by atoms with E-state index in [1.807, 2.05) is 6.92 Å². The second kappa shape index (κ2) is 9.78. The van der Waals surface area contributed by atoms with Crippen LogP contribution in [0.2, 0.25) is 5.02 Å². The number of likely N-dealkylation sites (N-methyl/N-ethyl adjacent to an activating group) is 1. The Kier molecular flexibility index (Phi) is 7.33. The van der Waals surface area contributed by atoms with Gasteiger partial charge >= 0.3 is 0 Å². The number of nitrogens with one attached hydrogen (secondary N) is 3. The predicted molar refractivity (Wildman–Crippen MR) is 120 cm³/mol. The van der Waals surface area contributed by atoms with Crippen molar-refractivity contribution in [1.82, 2.24) is 10.6 Å². The Bertz CT molecular complexity index is 1000. The lowest BCUT2D eigenvalue weighted by atomic mass is 9.80. The number of amides is 3. The van der Waals surface area contributed by atoms with Crippen LogP contribution in [0.4, 0.5) is 9.39 Å². The number of thiophene rings is 1. The third kappa shape index (κ3) is 5.25. The molecule has 0 aliphatic heterocycles. The van der Waals surface area contributed by atoms with Crippen molar-refractivity contribution in [3.63, 3.8) is 0 Å². The molecule has 166 valence electrons. The summed E-state index contributed by atoms with van der Waals surface area (Å²) < 4.78 is 13.2. The molecule has 1 fully saturated rings. The van der Waals surface area contributed by atoms with Gasteiger partial charge in [-0.3, -0.25) is 14.4 Å². The number of carbonyl (C=O) groups excluding carboxylic acids is 3. The molecule has 3 N–H and O–H groups in total. The van der Waals surface area contributed by atoms with Gasteiger partial charge in [-0.2, -0.15) is 0 Å². The minimum Gasteiger partial charge on any atom is -0.354 e. The minimum atomic E-state index is -0.910. The van der Waals surface area contributed by atoms with Crippen LogP contribution in [0.1, 0.15) is 64.6 Å². The SMILES string of the molecule is CCNC(=O)C1(NC(=O)c2sc(NC(=O)c3ccc(F)cc3Cl)cc2C)CCCCC1. The summed E-state index contributed by atoms with van der Waals surface area (Å²) in [7, 11) is 0. The normalized spacial score (nSPS) is 15.2. The van der Waals surface area contributed by atoms with Crippen LogP contribution in [0.15, 0.2) is 24.3 Å². The first-order valence-electron chi connectivity index (χ1n) is 10.2. The summed E-state index contributed by atoms with van der Waals surface area (Å²) >= 11 is 7.08. The molecular weight excluding hydrogens is 441 g/mol. The Morgan fingerprint density at radius 1 is 1.13 bits per heavy atom. The van der Waals surface area contributed by atoms with Gasteiger partial charge in [0.15, 0.2) is 0 Å². The highest BCUT2D eigenvalue weighted by Gasteiger charge is 2.41. The number of halogens is 2. The van der Waals surface area contributed by atoms with Crippen molar-refractivity contribution in [2.75, 3.05) is 11.9 Å². The van der Waals surface area contributed by atoms with Crippen molar-refractivity contribution >= 4 is 45.7 Å². The van der Waals surface area contributed by atoms with E-state index in [-0.39, 0.29) is 22.4 Å². The van der Waals surface area contributed by atoms with Crippen molar-refractivity contribution in [2.45, 2.75) is 51.5 Å². The van der Waals surface area contributed by atoms with Crippen LogP contribution in [-0.2, 0) is 4.79 Å². The molecular formula is C22H25ClFN3O3S. The molecule has 3 rings (SSSR count). The number of carbonyl (C=O) groups is 3. The second-order valence-electron chi connectivity index (χ2n) is 7.66. The summed E-state index contributed by atoms with van der Waals surface area (Å²) in [4.78, 5) is 38.7. The van der Waals surface area contributed by atoms with Gasteiger partial charge in [-0.1, -0.05) is 30.9 Å². The predicted octanol–water partition coefficient (Wildman–Crippen LogP) is 4.67. The summed E-state index contributed by atoms with van der Waals surface area (Å²) in [5.41, 5.74) is -0.0883. The molecule has 6 nitrogen and oxygen atoms in total. The van der Waals surface area contributed by atoms with E-state index < -0.39 is 17.3 Å². The Morgan fingerprint density at radius 3 is 2.48 bits per heavy atom. The molecule has 0 unspecified atom stereocenters. The van der Waals surface area contributed by atoms with E-state index in [1.54, 1.807) is 13.0 Å². The molecule has 1 aromatic carbocycles. The molecule has 0 spiro atoms. The zero-order valence-electron chi connectivity index (χ0n) is 17.4. The van der Waals surface area contributed by atoms with E-state index in [0.717, 1.165) is 42.7 Å². The number of anilines is 1. The molecule has 31 heavy (non-hydrogen) atoms. The van der Waals surface area contributed by atoms with Crippen LogP contribution in [0.5, 0.6) is 0 Å². The average molecular weight is 466 g/mol. The van der Waals surface area contributed by atoms with Crippen LogP contribution in [-0.4, -0.2) is 29.8 Å². The van der Waals surface area contributed by atoms with Crippen molar-refractivity contribution in [3.8, 4) is 0 Å². The molecule has 1 saturated carbocycles. The number of aryl methyl sites for hydroxylation is 1. The maximum absolute atomic E-state index is 13.2. The smallest absolute Gasteiger partial charge is 0.262 e. The summed E-state index contributed by atoms with van der Waals surface area (Å²) in [6, 6.07) is 5.22. The molecule has 1 aliphatic rings. The van der Waals surface area contributed by atoms with E-state index in [0.29, 0.717) is 34.8 Å². The Hall–Kier alpha value is -2.45. The minimum absolute atomic E-state index is 0.00456. The van der Waals surface area contributed by atoms with E-state index >= 15 is 0 Å². The number of benzene rings is 1. The van der Waals surface area contributed by atoms with E-state index in [4.69, 9.17) is 11.6 Å². The van der Waals surface area contributed by atoms with Crippen molar-refractivity contribution in [1.29, 1.82) is 0 Å². The first-order chi connectivity index (χ1) is 14.8. The highest BCUT2D eigenvalue weighted by molar-refractivity contribution is 7.18. The molecule has 1 aliphatic carbocycles. The van der Waals surface area contributed by atoms with Crippen LogP contribution in [0, 0.1) is 12.7 Å². The van der Waals surface area contributed by atoms with Crippen molar-refractivity contribution in [3.05, 3.63) is 51.1 Å². The first-order valence-corrected chi connectivity index (χ1v) is 11.4. The highest BCUT2D eigenvalue weighted by Crippen LogP contribution is 2.32. The van der Waals surface area contributed by atoms with Crippen LogP contribution < -0.4 is 16.0 Å². The van der Waals surface area contributed by atoms with Gasteiger partial charge in [0, 0.05) is 6.54 Å². The fourth-order valence-electron chi connectivity index (χ4n) is 3.79. The lowest BCUT2D eigenvalue weighted by molar-refractivity contribution is -0.128. The first kappa shape index (κ1) is 23.2. The van der Waals surface area contributed by atoms with Crippen molar-refractivity contribution in [2.24, 2.45) is 0 Å². The van der Waals surface area contributed by atoms with Crippen molar-refractivity contribution < 1.29 is 18.8 Å². The maximum atomic E-state index is 13.2. The van der Waals surface area contributed by atoms with Gasteiger partial charge in [0.25, 0.3) is 11.8 Å². The maximum Gasteiger partial charge on any atom is 0.262 e. The summed E-state index contributed by atoms with van der Waals surface area (Å²) in [6.07, 6.45) is 3.99. The zero-order valence-corrected chi connectivity index (χ0v) is 19.0. The molecule has 1 aromatic heterocycles. The van der Waals surface area contributed by atoms with Crippen LogP contribution >= 0.6 is 22.9 Å². The number of hydrogen-bond acceptors (Lipinski definition) is 4. The molecule has 0 saturated heterocycles. The molecule has 9 heteroatoms. The van der Waals surface area contributed by atoms with Gasteiger partial charge in [0.2, 0.25) is 5.91 Å². The van der Waals surface area contributed by atoms with E-state index in [2.05, 4.69) is 16.0 Å². The van der Waals surface area contributed by atoms with Gasteiger partial charge in [-0.05, 0) is 56.5 Å². The fraction of sp³-hybridized carbons (Fsp3) is 0.409. The Morgan fingerprint density at radius 2 is 1.84 bits per heavy atom. The zero-order chi connectivity index (χ0) is 22.6. The molecule has 2 aromatic rings. The third-order valence-electron chi connectivity index (χ3n) is 5.37. The molecule has 0 radical (unpaired) electrons. The summed E-state index contributed by atoms with van der Waals surface area (Å²) in [6.45, 7) is 4.12. The standard InChI is InChI=1S/C22H25ClFN3O3S/c1-3-25-21(30)22(9-5-4-6-10-22)27-20(29)18-13(2)11-17(31-18)26-19(28)15-8-7-14(24)12-16(15)23/h7-8,11-12H,3-6,9-10H2,1-2H3,(H,25,30)(H,26,28)(H,27,29). The van der Waals surface area contributed by atoms with Gasteiger partial charge in [-0.15, -0.1) is 11.3 Å². The van der Waals surface area contributed by atoms with E-state index in [1.165, 1.54) is 6.07 Å². The van der Waals surface area contributed by atoms with Crippen LogP contribution in [0.3, 0.4) is 0 Å². The monoisotopic (exact) mass is 465 g/mol. The third-order valence-corrected chi connectivity index (χ3v) is 6.83. The quantitative estimate of drug-likeness (QED) is 0.579. The molecule has 0 bridgehead atoms. The summed E-state index contributed by atoms with van der Waals surface area (Å²) in [5, 5.41) is 8.98. The second-order valence-corrected chi connectivity index (χ2v) is 9.12. The highest BCUT2D eigenvalue weighted by atomic mass is 35.5. The van der Waals surface area contributed by atoms with Crippen LogP contribution in [0.25, 0.3) is 0 Å². The number of rotatable bonds is 6. The largest absolute Gasteiger partial charge is 0.354 e. The lowest BCUT2D eigenvalue weighted by Crippen LogP contribution is -2.59. The van der Waals surface area contributed by atoms with Gasteiger partial charge in [0.1, 0.15) is 11.4 Å². The molecule has 3 amide bonds. The summed E-state index contributed by atoms with van der Waals surface area (Å²) in [5.74, 6) is -1.52. The average Bonchev–Trinajstić information content (AvgIpc) is 3.08. The molecule has 0 atom stereocenters. The van der Waals surface area contributed by atoms with Gasteiger partial charge in [-0.25, -0.2) is 4.39 Å². The number of hydrogen-bond donors (Lipinski definition) is 3. The Labute approximate surface area is 189 Å². The fourth-order valence-corrected chi connectivity index (χ4v) is 5.01. The van der Waals surface area contributed by atoms with E-state index in [9.17, 15) is 18.8 Å².